The number of rotatable bonds is 8. The van der Waals surface area contributed by atoms with Crippen molar-refractivity contribution < 1.29 is 14.3 Å². The van der Waals surface area contributed by atoms with Crippen LogP contribution in [0.2, 0.25) is 0 Å². The number of ether oxygens (including phenoxy) is 2. The normalized spacial score (nSPS) is 10.1. The lowest BCUT2D eigenvalue weighted by molar-refractivity contribution is -0.119. The van der Waals surface area contributed by atoms with E-state index >= 15 is 0 Å². The van der Waals surface area contributed by atoms with Gasteiger partial charge in [0.25, 0.3) is 0 Å². The zero-order valence-corrected chi connectivity index (χ0v) is 14.4. The van der Waals surface area contributed by atoms with Gasteiger partial charge in [0.15, 0.2) is 0 Å². The summed E-state index contributed by atoms with van der Waals surface area (Å²) in [5.41, 5.74) is 3.09. The standard InChI is InChI=1S/C19H24N2O3/c1-14-4-9-18(24-3)17(12-14)21-13-19(22)20-11-10-15-5-7-16(23-2)8-6-15/h4-9,12,21H,10-11,13H2,1-3H3,(H,20,22). The maximum Gasteiger partial charge on any atom is 0.239 e. The van der Waals surface area contributed by atoms with E-state index in [1.54, 1.807) is 14.2 Å². The lowest BCUT2D eigenvalue weighted by Gasteiger charge is -2.12. The summed E-state index contributed by atoms with van der Waals surface area (Å²) in [4.78, 5) is 12.0. The highest BCUT2D eigenvalue weighted by atomic mass is 16.5. The van der Waals surface area contributed by atoms with E-state index < -0.39 is 0 Å². The topological polar surface area (TPSA) is 59.6 Å². The molecule has 0 radical (unpaired) electrons. The Kier molecular flexibility index (Phi) is 6.49. The van der Waals surface area contributed by atoms with E-state index in [2.05, 4.69) is 10.6 Å². The number of methoxy groups -OCH3 is 2. The third kappa shape index (κ3) is 5.19. The van der Waals surface area contributed by atoms with E-state index in [9.17, 15) is 4.79 Å². The molecular weight excluding hydrogens is 304 g/mol. The van der Waals surface area contributed by atoms with E-state index in [0.717, 1.165) is 34.7 Å². The lowest BCUT2D eigenvalue weighted by Crippen LogP contribution is -2.31. The van der Waals surface area contributed by atoms with Crippen LogP contribution in [0.1, 0.15) is 11.1 Å². The number of aryl methyl sites for hydroxylation is 1. The highest BCUT2D eigenvalue weighted by Gasteiger charge is 2.06. The lowest BCUT2D eigenvalue weighted by atomic mass is 10.1. The Morgan fingerprint density at radius 1 is 1.04 bits per heavy atom. The summed E-state index contributed by atoms with van der Waals surface area (Å²) in [6.07, 6.45) is 0.781. The van der Waals surface area contributed by atoms with Crippen molar-refractivity contribution in [2.45, 2.75) is 13.3 Å². The molecule has 0 saturated carbocycles. The summed E-state index contributed by atoms with van der Waals surface area (Å²) in [5, 5.41) is 6.02. The van der Waals surface area contributed by atoms with Crippen molar-refractivity contribution in [1.29, 1.82) is 0 Å². The van der Waals surface area contributed by atoms with E-state index in [1.165, 1.54) is 0 Å². The highest BCUT2D eigenvalue weighted by Crippen LogP contribution is 2.24. The number of carbonyl (C=O) groups is 1. The second-order valence-corrected chi connectivity index (χ2v) is 5.51. The van der Waals surface area contributed by atoms with E-state index in [1.807, 2.05) is 49.4 Å². The Morgan fingerprint density at radius 2 is 1.79 bits per heavy atom. The van der Waals surface area contributed by atoms with E-state index in [0.29, 0.717) is 6.54 Å². The van der Waals surface area contributed by atoms with Crippen molar-refractivity contribution in [2.24, 2.45) is 0 Å². The number of hydrogen-bond donors (Lipinski definition) is 2. The first kappa shape index (κ1) is 17.7. The zero-order chi connectivity index (χ0) is 17.4. The molecule has 0 aliphatic heterocycles. The summed E-state index contributed by atoms with van der Waals surface area (Å²) in [6.45, 7) is 2.81. The van der Waals surface area contributed by atoms with Crippen LogP contribution < -0.4 is 20.1 Å². The average Bonchev–Trinajstić information content (AvgIpc) is 2.60. The van der Waals surface area contributed by atoms with Crippen LogP contribution in [0.5, 0.6) is 11.5 Å². The Morgan fingerprint density at radius 3 is 2.46 bits per heavy atom. The van der Waals surface area contributed by atoms with Crippen LogP contribution in [-0.2, 0) is 11.2 Å². The van der Waals surface area contributed by atoms with Gasteiger partial charge in [-0.1, -0.05) is 18.2 Å². The first-order chi connectivity index (χ1) is 11.6. The SMILES string of the molecule is COc1ccc(CCNC(=O)CNc2cc(C)ccc2OC)cc1. The predicted octanol–water partition coefficient (Wildman–Crippen LogP) is 2.78. The minimum atomic E-state index is -0.0490. The number of hydrogen-bond acceptors (Lipinski definition) is 4. The number of benzene rings is 2. The van der Waals surface area contributed by atoms with Crippen LogP contribution in [0.3, 0.4) is 0 Å². The molecule has 0 heterocycles. The van der Waals surface area contributed by atoms with Crippen LogP contribution in [0.4, 0.5) is 5.69 Å². The van der Waals surface area contributed by atoms with Crippen LogP contribution in [0.15, 0.2) is 42.5 Å². The van der Waals surface area contributed by atoms with Gasteiger partial charge in [-0.2, -0.15) is 0 Å². The van der Waals surface area contributed by atoms with Gasteiger partial charge < -0.3 is 20.1 Å². The molecule has 5 nitrogen and oxygen atoms in total. The van der Waals surface area contributed by atoms with Crippen molar-refractivity contribution in [3.63, 3.8) is 0 Å². The fraction of sp³-hybridized carbons (Fsp3) is 0.316. The molecule has 2 N–H and O–H groups in total. The Balaban J connectivity index is 1.76. The quantitative estimate of drug-likeness (QED) is 0.782. The molecule has 0 aromatic heterocycles. The highest BCUT2D eigenvalue weighted by molar-refractivity contribution is 5.81. The van der Waals surface area contributed by atoms with Gasteiger partial charge in [0.2, 0.25) is 5.91 Å². The molecule has 2 aromatic rings. The van der Waals surface area contributed by atoms with E-state index in [-0.39, 0.29) is 12.5 Å². The molecule has 0 fully saturated rings. The molecule has 0 spiro atoms. The zero-order valence-electron chi connectivity index (χ0n) is 14.4. The summed E-state index contributed by atoms with van der Waals surface area (Å²) < 4.78 is 10.4. The Hall–Kier alpha value is -2.69. The van der Waals surface area contributed by atoms with Crippen LogP contribution >= 0.6 is 0 Å². The maximum absolute atomic E-state index is 12.0. The molecule has 24 heavy (non-hydrogen) atoms. The molecule has 2 aromatic carbocycles. The second-order valence-electron chi connectivity index (χ2n) is 5.51. The van der Waals surface area contributed by atoms with Gasteiger partial charge in [-0.05, 0) is 48.7 Å². The summed E-state index contributed by atoms with van der Waals surface area (Å²) in [5.74, 6) is 1.51. The number of amides is 1. The van der Waals surface area contributed by atoms with Gasteiger partial charge in [-0.3, -0.25) is 4.79 Å². The molecule has 0 saturated heterocycles. The minimum Gasteiger partial charge on any atom is -0.497 e. The monoisotopic (exact) mass is 328 g/mol. The minimum absolute atomic E-state index is 0.0490. The molecule has 5 heteroatoms. The molecular formula is C19H24N2O3. The van der Waals surface area contributed by atoms with Crippen LogP contribution in [0, 0.1) is 6.92 Å². The van der Waals surface area contributed by atoms with Gasteiger partial charge >= 0.3 is 0 Å². The van der Waals surface area contributed by atoms with Crippen LogP contribution in [-0.4, -0.2) is 33.2 Å². The molecule has 1 amide bonds. The van der Waals surface area contributed by atoms with Gasteiger partial charge in [0.05, 0.1) is 26.5 Å². The summed E-state index contributed by atoms with van der Waals surface area (Å²) >= 11 is 0. The third-order valence-electron chi connectivity index (χ3n) is 3.69. The molecule has 0 aliphatic carbocycles. The summed E-state index contributed by atoms with van der Waals surface area (Å²) in [6, 6.07) is 13.7. The van der Waals surface area contributed by atoms with E-state index in [4.69, 9.17) is 9.47 Å². The number of nitrogens with one attached hydrogen (secondary N) is 2. The smallest absolute Gasteiger partial charge is 0.239 e. The van der Waals surface area contributed by atoms with Crippen molar-refractivity contribution >= 4 is 11.6 Å². The fourth-order valence-electron chi connectivity index (χ4n) is 2.34. The average molecular weight is 328 g/mol. The largest absolute Gasteiger partial charge is 0.497 e. The molecule has 128 valence electrons. The van der Waals surface area contributed by atoms with Gasteiger partial charge in [-0.15, -0.1) is 0 Å². The van der Waals surface area contributed by atoms with Crippen molar-refractivity contribution in [3.05, 3.63) is 53.6 Å². The van der Waals surface area contributed by atoms with Gasteiger partial charge in [0.1, 0.15) is 11.5 Å². The van der Waals surface area contributed by atoms with Gasteiger partial charge in [-0.25, -0.2) is 0 Å². The first-order valence-corrected chi connectivity index (χ1v) is 7.90. The Bertz CT molecular complexity index is 669. The molecule has 0 unspecified atom stereocenters. The third-order valence-corrected chi connectivity index (χ3v) is 3.69. The molecule has 0 aliphatic rings. The summed E-state index contributed by atoms with van der Waals surface area (Å²) in [7, 11) is 3.26. The Labute approximate surface area is 143 Å². The van der Waals surface area contributed by atoms with Crippen molar-refractivity contribution in [1.82, 2.24) is 5.32 Å². The second kappa shape index (κ2) is 8.82. The van der Waals surface area contributed by atoms with Crippen molar-refractivity contribution in [3.8, 4) is 11.5 Å². The predicted molar refractivity (Wildman–Crippen MR) is 95.9 cm³/mol. The first-order valence-electron chi connectivity index (χ1n) is 7.90. The molecule has 2 rings (SSSR count). The van der Waals surface area contributed by atoms with Crippen molar-refractivity contribution in [2.75, 3.05) is 32.6 Å². The van der Waals surface area contributed by atoms with Crippen LogP contribution in [0.25, 0.3) is 0 Å². The number of anilines is 1. The van der Waals surface area contributed by atoms with Gasteiger partial charge in [0, 0.05) is 6.54 Å². The molecule has 0 bridgehead atoms. The number of carbonyl (C=O) groups excluding carboxylic acids is 1. The fourth-order valence-corrected chi connectivity index (χ4v) is 2.34. The molecule has 0 atom stereocenters. The maximum atomic E-state index is 12.0.